The average molecular weight is 226 g/mol. The molecule has 1 aromatic rings. The summed E-state index contributed by atoms with van der Waals surface area (Å²) in [6.07, 6.45) is 11.7. The maximum atomic E-state index is 5.20. The number of methoxy groups -OCH3 is 1. The molecule has 3 rings (SSSR count). The average Bonchev–Trinajstić information content (AvgIpc) is 2.82. The molecule has 1 aromatic carbocycles. The van der Waals surface area contributed by atoms with Crippen molar-refractivity contribution < 1.29 is 4.74 Å². The third kappa shape index (κ3) is 2.02. The van der Waals surface area contributed by atoms with Crippen molar-refractivity contribution in [3.8, 4) is 5.75 Å². The van der Waals surface area contributed by atoms with E-state index in [0.29, 0.717) is 5.92 Å². The monoisotopic (exact) mass is 226 g/mol. The lowest BCUT2D eigenvalue weighted by molar-refractivity contribution is 0.414. The molecule has 2 aliphatic carbocycles. The number of fused-ring (bicyclic) bond motifs is 1. The molecular formula is C16H18O. The topological polar surface area (TPSA) is 9.23 Å². The summed E-state index contributed by atoms with van der Waals surface area (Å²) >= 11 is 0. The summed E-state index contributed by atoms with van der Waals surface area (Å²) in [7, 11) is 1.72. The van der Waals surface area contributed by atoms with Crippen LogP contribution in [0.25, 0.3) is 0 Å². The Hall–Kier alpha value is -1.50. The van der Waals surface area contributed by atoms with Gasteiger partial charge in [-0.15, -0.1) is 0 Å². The van der Waals surface area contributed by atoms with E-state index in [4.69, 9.17) is 4.74 Å². The summed E-state index contributed by atoms with van der Waals surface area (Å²) in [4.78, 5) is 0. The van der Waals surface area contributed by atoms with Crippen LogP contribution in [0.1, 0.15) is 24.3 Å². The van der Waals surface area contributed by atoms with Crippen molar-refractivity contribution in [1.82, 2.24) is 0 Å². The van der Waals surface area contributed by atoms with E-state index in [1.165, 1.54) is 18.4 Å². The van der Waals surface area contributed by atoms with Gasteiger partial charge in [0.1, 0.15) is 5.75 Å². The molecule has 0 spiro atoms. The van der Waals surface area contributed by atoms with Crippen LogP contribution in [0.4, 0.5) is 0 Å². The van der Waals surface area contributed by atoms with Crippen molar-refractivity contribution in [2.24, 2.45) is 11.8 Å². The van der Waals surface area contributed by atoms with Gasteiger partial charge in [-0.25, -0.2) is 0 Å². The summed E-state index contributed by atoms with van der Waals surface area (Å²) in [6.45, 7) is 0. The number of benzene rings is 1. The molecule has 0 bridgehead atoms. The Kier molecular flexibility index (Phi) is 2.76. The Morgan fingerprint density at radius 3 is 2.06 bits per heavy atom. The molecule has 0 radical (unpaired) electrons. The minimum atomic E-state index is 0.711. The van der Waals surface area contributed by atoms with Gasteiger partial charge in [-0.3, -0.25) is 0 Å². The molecule has 2 atom stereocenters. The van der Waals surface area contributed by atoms with Gasteiger partial charge in [-0.2, -0.15) is 0 Å². The van der Waals surface area contributed by atoms with Gasteiger partial charge in [-0.1, -0.05) is 36.4 Å². The first-order valence-electron chi connectivity index (χ1n) is 6.36. The van der Waals surface area contributed by atoms with E-state index in [0.717, 1.165) is 17.6 Å². The van der Waals surface area contributed by atoms with Crippen LogP contribution in [0.5, 0.6) is 5.75 Å². The third-order valence-corrected chi connectivity index (χ3v) is 4.08. The molecule has 2 unspecified atom stereocenters. The highest BCUT2D eigenvalue weighted by atomic mass is 16.5. The Balaban J connectivity index is 1.77. The van der Waals surface area contributed by atoms with E-state index in [9.17, 15) is 0 Å². The predicted molar refractivity (Wildman–Crippen MR) is 70.2 cm³/mol. The molecule has 1 heteroatoms. The lowest BCUT2D eigenvalue weighted by Crippen LogP contribution is -2.03. The molecule has 0 saturated heterocycles. The summed E-state index contributed by atoms with van der Waals surface area (Å²) in [5.41, 5.74) is 1.46. The Morgan fingerprint density at radius 1 is 0.941 bits per heavy atom. The molecule has 0 heterocycles. The maximum Gasteiger partial charge on any atom is 0.118 e. The highest BCUT2D eigenvalue weighted by Gasteiger charge is 2.32. The van der Waals surface area contributed by atoms with Gasteiger partial charge in [0.05, 0.1) is 7.11 Å². The van der Waals surface area contributed by atoms with E-state index in [2.05, 4.69) is 48.6 Å². The Labute approximate surface area is 103 Å². The van der Waals surface area contributed by atoms with Gasteiger partial charge in [0.15, 0.2) is 0 Å². The number of allylic oxidation sites excluding steroid dienone is 4. The van der Waals surface area contributed by atoms with Crippen LogP contribution in [-0.2, 0) is 0 Å². The molecule has 1 saturated carbocycles. The van der Waals surface area contributed by atoms with Gasteiger partial charge < -0.3 is 4.74 Å². The third-order valence-electron chi connectivity index (χ3n) is 4.08. The second kappa shape index (κ2) is 4.40. The van der Waals surface area contributed by atoms with Crippen molar-refractivity contribution in [3.05, 3.63) is 54.1 Å². The molecule has 0 aromatic heterocycles. The summed E-state index contributed by atoms with van der Waals surface area (Å²) < 4.78 is 5.20. The van der Waals surface area contributed by atoms with Gasteiger partial charge in [-0.05, 0) is 48.3 Å². The Morgan fingerprint density at radius 2 is 1.53 bits per heavy atom. The fourth-order valence-electron chi connectivity index (χ4n) is 3.11. The minimum absolute atomic E-state index is 0.711. The molecule has 17 heavy (non-hydrogen) atoms. The van der Waals surface area contributed by atoms with E-state index in [1.54, 1.807) is 7.11 Å². The number of hydrogen-bond acceptors (Lipinski definition) is 1. The van der Waals surface area contributed by atoms with Gasteiger partial charge in [0.2, 0.25) is 0 Å². The van der Waals surface area contributed by atoms with E-state index >= 15 is 0 Å². The fraction of sp³-hybridized carbons (Fsp3) is 0.375. The van der Waals surface area contributed by atoms with Crippen molar-refractivity contribution >= 4 is 0 Å². The molecule has 0 aliphatic heterocycles. The zero-order chi connectivity index (χ0) is 11.7. The molecular weight excluding hydrogens is 208 g/mol. The van der Waals surface area contributed by atoms with Gasteiger partial charge in [0, 0.05) is 0 Å². The predicted octanol–water partition coefficient (Wildman–Crippen LogP) is 3.93. The fourth-order valence-corrected chi connectivity index (χ4v) is 3.11. The highest BCUT2D eigenvalue weighted by Crippen LogP contribution is 2.45. The lowest BCUT2D eigenvalue weighted by atomic mass is 9.92. The van der Waals surface area contributed by atoms with Crippen LogP contribution in [0.2, 0.25) is 0 Å². The summed E-state index contributed by atoms with van der Waals surface area (Å²) in [5.74, 6) is 3.17. The van der Waals surface area contributed by atoms with Crippen LogP contribution in [0.3, 0.4) is 0 Å². The second-order valence-electron chi connectivity index (χ2n) is 5.04. The molecule has 2 aliphatic rings. The van der Waals surface area contributed by atoms with Crippen LogP contribution in [0.15, 0.2) is 48.6 Å². The molecule has 0 N–H and O–H groups in total. The Bertz CT molecular complexity index is 421. The number of rotatable bonds is 2. The van der Waals surface area contributed by atoms with Crippen molar-refractivity contribution in [1.29, 1.82) is 0 Å². The largest absolute Gasteiger partial charge is 0.497 e. The lowest BCUT2D eigenvalue weighted by Gasteiger charge is -2.13. The van der Waals surface area contributed by atoms with Gasteiger partial charge in [0.25, 0.3) is 0 Å². The zero-order valence-electron chi connectivity index (χ0n) is 10.2. The van der Waals surface area contributed by atoms with Crippen molar-refractivity contribution in [3.63, 3.8) is 0 Å². The van der Waals surface area contributed by atoms with Crippen LogP contribution < -0.4 is 4.74 Å². The first-order valence-corrected chi connectivity index (χ1v) is 6.36. The zero-order valence-corrected chi connectivity index (χ0v) is 10.2. The number of ether oxygens (including phenoxy) is 1. The highest BCUT2D eigenvalue weighted by molar-refractivity contribution is 5.31. The van der Waals surface area contributed by atoms with Gasteiger partial charge >= 0.3 is 0 Å². The smallest absolute Gasteiger partial charge is 0.118 e. The molecule has 0 amide bonds. The first kappa shape index (κ1) is 10.6. The normalized spacial score (nSPS) is 30.3. The van der Waals surface area contributed by atoms with Crippen LogP contribution in [-0.4, -0.2) is 7.11 Å². The van der Waals surface area contributed by atoms with Crippen LogP contribution >= 0.6 is 0 Å². The summed E-state index contributed by atoms with van der Waals surface area (Å²) in [6, 6.07) is 8.58. The maximum absolute atomic E-state index is 5.20. The molecule has 88 valence electrons. The first-order chi connectivity index (χ1) is 8.36. The SMILES string of the molecule is COc1ccc(C2CC3C=CC=CC3C2)cc1. The standard InChI is InChI=1S/C16H18O/c1-17-16-8-6-12(7-9-16)15-10-13-4-2-3-5-14(13)11-15/h2-9,13-15H,10-11H2,1H3. The second-order valence-corrected chi connectivity index (χ2v) is 5.04. The minimum Gasteiger partial charge on any atom is -0.497 e. The van der Waals surface area contributed by atoms with E-state index in [-0.39, 0.29) is 0 Å². The van der Waals surface area contributed by atoms with E-state index in [1.807, 2.05) is 0 Å². The van der Waals surface area contributed by atoms with Crippen LogP contribution in [0, 0.1) is 11.8 Å². The summed E-state index contributed by atoms with van der Waals surface area (Å²) in [5, 5.41) is 0. The number of hydrogen-bond donors (Lipinski definition) is 0. The van der Waals surface area contributed by atoms with E-state index < -0.39 is 0 Å². The van der Waals surface area contributed by atoms with Crippen molar-refractivity contribution in [2.45, 2.75) is 18.8 Å². The quantitative estimate of drug-likeness (QED) is 0.742. The van der Waals surface area contributed by atoms with Crippen molar-refractivity contribution in [2.75, 3.05) is 7.11 Å². The molecule has 1 nitrogen and oxygen atoms in total. The molecule has 1 fully saturated rings.